The van der Waals surface area contributed by atoms with E-state index in [2.05, 4.69) is 26.2 Å². The predicted molar refractivity (Wildman–Crippen MR) is 63.9 cm³/mol. The average molecular weight is 287 g/mol. The number of hydrogen-bond acceptors (Lipinski definition) is 2. The maximum Gasteiger partial charge on any atom is 0.0849 e. The summed E-state index contributed by atoms with van der Waals surface area (Å²) in [4.78, 5) is 0. The Balaban J connectivity index is 2.33. The molecule has 1 heterocycles. The van der Waals surface area contributed by atoms with Crippen LogP contribution in [0.25, 0.3) is 5.69 Å². The van der Waals surface area contributed by atoms with Crippen LogP contribution in [-0.2, 0) is 6.42 Å². The molecule has 0 saturated carbocycles. The Hall–Kier alpha value is -0.870. The van der Waals surface area contributed by atoms with Crippen LogP contribution in [0.3, 0.4) is 0 Å². The van der Waals surface area contributed by atoms with Gasteiger partial charge >= 0.3 is 0 Å². The fourth-order valence-electron chi connectivity index (χ4n) is 1.27. The van der Waals surface area contributed by atoms with Crippen LogP contribution in [-0.4, -0.2) is 20.3 Å². The topological polar surface area (TPSA) is 30.7 Å². The van der Waals surface area contributed by atoms with E-state index in [1.807, 2.05) is 30.5 Å². The Labute approximate surface area is 101 Å². The number of rotatable bonds is 3. The van der Waals surface area contributed by atoms with Crippen molar-refractivity contribution in [3.8, 4) is 5.69 Å². The normalized spacial score (nSPS) is 10.5. The summed E-state index contributed by atoms with van der Waals surface area (Å²) in [6.45, 7) is 0. The highest BCUT2D eigenvalue weighted by molar-refractivity contribution is 9.09. The molecule has 15 heavy (non-hydrogen) atoms. The molecular weight excluding hydrogens is 277 g/mol. The molecule has 5 heteroatoms. The van der Waals surface area contributed by atoms with Crippen LogP contribution < -0.4 is 0 Å². The summed E-state index contributed by atoms with van der Waals surface area (Å²) >= 11 is 9.41. The third-order valence-electron chi connectivity index (χ3n) is 1.99. The van der Waals surface area contributed by atoms with E-state index in [0.29, 0.717) is 5.02 Å². The lowest BCUT2D eigenvalue weighted by Gasteiger charge is -2.01. The van der Waals surface area contributed by atoms with Crippen molar-refractivity contribution in [1.82, 2.24) is 15.0 Å². The number of para-hydroxylation sites is 1. The number of benzene rings is 1. The quantitative estimate of drug-likeness (QED) is 0.812. The number of nitrogens with zero attached hydrogens (tertiary/aromatic N) is 3. The number of halogens is 2. The molecule has 0 aliphatic carbocycles. The second kappa shape index (κ2) is 4.77. The van der Waals surface area contributed by atoms with Crippen LogP contribution in [0, 0.1) is 0 Å². The second-order valence-corrected chi connectivity index (χ2v) is 4.25. The van der Waals surface area contributed by atoms with Gasteiger partial charge in [0.05, 0.1) is 22.6 Å². The van der Waals surface area contributed by atoms with E-state index in [9.17, 15) is 0 Å². The second-order valence-electron chi connectivity index (χ2n) is 3.04. The van der Waals surface area contributed by atoms with Gasteiger partial charge in [-0.25, -0.2) is 4.68 Å². The van der Waals surface area contributed by atoms with Crippen molar-refractivity contribution >= 4 is 27.5 Å². The summed E-state index contributed by atoms with van der Waals surface area (Å²) in [5, 5.41) is 9.63. The van der Waals surface area contributed by atoms with Gasteiger partial charge in [-0.3, -0.25) is 0 Å². The van der Waals surface area contributed by atoms with Crippen molar-refractivity contribution in [2.75, 3.05) is 5.33 Å². The molecule has 0 unspecified atom stereocenters. The Morgan fingerprint density at radius 2 is 2.13 bits per heavy atom. The summed E-state index contributed by atoms with van der Waals surface area (Å²) in [5.74, 6) is 0. The van der Waals surface area contributed by atoms with Gasteiger partial charge in [0.15, 0.2) is 0 Å². The van der Waals surface area contributed by atoms with E-state index in [0.717, 1.165) is 23.1 Å². The van der Waals surface area contributed by atoms with Crippen LogP contribution in [0.2, 0.25) is 5.02 Å². The summed E-state index contributed by atoms with van der Waals surface area (Å²) < 4.78 is 1.69. The van der Waals surface area contributed by atoms with E-state index >= 15 is 0 Å². The standard InChI is InChI=1S/C10H9BrClN3/c11-6-5-8-7-15(14-13-8)10-4-2-1-3-9(10)12/h1-4,7H,5-6H2. The van der Waals surface area contributed by atoms with E-state index in [1.165, 1.54) is 0 Å². The maximum absolute atomic E-state index is 6.05. The summed E-state index contributed by atoms with van der Waals surface area (Å²) in [6, 6.07) is 7.56. The van der Waals surface area contributed by atoms with Crippen molar-refractivity contribution < 1.29 is 0 Å². The molecule has 0 atom stereocenters. The van der Waals surface area contributed by atoms with Crippen LogP contribution in [0.15, 0.2) is 30.5 Å². The van der Waals surface area contributed by atoms with Gasteiger partial charge in [-0.1, -0.05) is 44.9 Å². The highest BCUT2D eigenvalue weighted by atomic mass is 79.9. The lowest BCUT2D eigenvalue weighted by Crippen LogP contribution is -1.95. The lowest BCUT2D eigenvalue weighted by molar-refractivity contribution is 0.798. The molecule has 0 fully saturated rings. The monoisotopic (exact) mass is 285 g/mol. The number of aromatic nitrogens is 3. The molecule has 0 amide bonds. The van der Waals surface area contributed by atoms with Gasteiger partial charge in [-0.15, -0.1) is 5.10 Å². The summed E-state index contributed by atoms with van der Waals surface area (Å²) in [5.41, 5.74) is 1.80. The molecular formula is C10H9BrClN3. The molecule has 78 valence electrons. The largest absolute Gasteiger partial charge is 0.219 e. The first-order valence-corrected chi connectivity index (χ1v) is 6.03. The van der Waals surface area contributed by atoms with E-state index in [1.54, 1.807) is 4.68 Å². The molecule has 3 nitrogen and oxygen atoms in total. The zero-order valence-electron chi connectivity index (χ0n) is 7.90. The van der Waals surface area contributed by atoms with Crippen LogP contribution >= 0.6 is 27.5 Å². The SMILES string of the molecule is Clc1ccccc1-n1cc(CCBr)nn1. The van der Waals surface area contributed by atoms with Crippen LogP contribution in [0.5, 0.6) is 0 Å². The van der Waals surface area contributed by atoms with Crippen molar-refractivity contribution in [2.24, 2.45) is 0 Å². The Morgan fingerprint density at radius 1 is 1.33 bits per heavy atom. The molecule has 1 aromatic heterocycles. The van der Waals surface area contributed by atoms with Gasteiger partial charge in [0.25, 0.3) is 0 Å². The Morgan fingerprint density at radius 3 is 2.87 bits per heavy atom. The number of alkyl halides is 1. The minimum Gasteiger partial charge on any atom is -0.219 e. The smallest absolute Gasteiger partial charge is 0.0849 e. The van der Waals surface area contributed by atoms with Crippen molar-refractivity contribution in [2.45, 2.75) is 6.42 Å². The van der Waals surface area contributed by atoms with Crippen molar-refractivity contribution in [3.05, 3.63) is 41.2 Å². The van der Waals surface area contributed by atoms with Gasteiger partial charge in [0.2, 0.25) is 0 Å². The lowest BCUT2D eigenvalue weighted by atomic mass is 10.3. The highest BCUT2D eigenvalue weighted by Crippen LogP contribution is 2.18. The Bertz CT molecular complexity index is 455. The summed E-state index contributed by atoms with van der Waals surface area (Å²) in [6.07, 6.45) is 2.76. The van der Waals surface area contributed by atoms with Crippen molar-refractivity contribution in [1.29, 1.82) is 0 Å². The minimum absolute atomic E-state index is 0.674. The molecule has 0 N–H and O–H groups in total. The van der Waals surface area contributed by atoms with Gasteiger partial charge in [-0.05, 0) is 12.1 Å². The predicted octanol–water partition coefficient (Wildman–Crippen LogP) is 2.86. The molecule has 1 aromatic carbocycles. The van der Waals surface area contributed by atoms with Gasteiger partial charge in [0.1, 0.15) is 0 Å². The zero-order chi connectivity index (χ0) is 10.7. The van der Waals surface area contributed by atoms with Gasteiger partial charge in [-0.2, -0.15) is 0 Å². The molecule has 0 aliphatic heterocycles. The molecule has 2 aromatic rings. The molecule has 0 spiro atoms. The number of aryl methyl sites for hydroxylation is 1. The first-order chi connectivity index (χ1) is 7.31. The zero-order valence-corrected chi connectivity index (χ0v) is 10.2. The van der Waals surface area contributed by atoms with E-state index in [4.69, 9.17) is 11.6 Å². The third kappa shape index (κ3) is 2.38. The first kappa shape index (κ1) is 10.6. The maximum atomic E-state index is 6.05. The molecule has 2 rings (SSSR count). The van der Waals surface area contributed by atoms with E-state index in [-0.39, 0.29) is 0 Å². The fourth-order valence-corrected chi connectivity index (χ4v) is 1.89. The van der Waals surface area contributed by atoms with Crippen LogP contribution in [0.1, 0.15) is 5.69 Å². The average Bonchev–Trinajstić information content (AvgIpc) is 2.68. The van der Waals surface area contributed by atoms with E-state index < -0.39 is 0 Å². The van der Waals surface area contributed by atoms with Crippen molar-refractivity contribution in [3.63, 3.8) is 0 Å². The minimum atomic E-state index is 0.674. The molecule has 0 saturated heterocycles. The van der Waals surface area contributed by atoms with Gasteiger partial charge < -0.3 is 0 Å². The summed E-state index contributed by atoms with van der Waals surface area (Å²) in [7, 11) is 0. The molecule has 0 bridgehead atoms. The first-order valence-electron chi connectivity index (χ1n) is 4.53. The molecule has 0 radical (unpaired) electrons. The fraction of sp³-hybridized carbons (Fsp3) is 0.200. The third-order valence-corrected chi connectivity index (χ3v) is 2.71. The molecule has 0 aliphatic rings. The highest BCUT2D eigenvalue weighted by Gasteiger charge is 2.04. The van der Waals surface area contributed by atoms with Crippen LogP contribution in [0.4, 0.5) is 0 Å². The Kier molecular flexibility index (Phi) is 3.38. The van der Waals surface area contributed by atoms with Gasteiger partial charge in [0, 0.05) is 11.8 Å². The number of hydrogen-bond donors (Lipinski definition) is 0.